The van der Waals surface area contributed by atoms with Crippen LogP contribution in [-0.4, -0.2) is 65.7 Å². The third-order valence-electron chi connectivity index (χ3n) is 5.50. The Hall–Kier alpha value is -1.86. The number of rotatable bonds is 4. The first-order valence-electron chi connectivity index (χ1n) is 9.18. The van der Waals surface area contributed by atoms with E-state index in [-0.39, 0.29) is 29.8 Å². The number of hydroxylamine groups is 2. The van der Waals surface area contributed by atoms with Crippen molar-refractivity contribution in [3.05, 3.63) is 24.0 Å². The van der Waals surface area contributed by atoms with E-state index in [1.807, 2.05) is 23.2 Å². The largest absolute Gasteiger partial charge is 0.375 e. The molecule has 4 rings (SSSR count). The average molecular weight is 347 g/mol. The Morgan fingerprint density at radius 3 is 2.96 bits per heavy atom. The summed E-state index contributed by atoms with van der Waals surface area (Å²) in [4.78, 5) is 35.7. The van der Waals surface area contributed by atoms with Crippen LogP contribution in [0.1, 0.15) is 25.0 Å². The van der Waals surface area contributed by atoms with Gasteiger partial charge in [0.05, 0.1) is 25.2 Å². The van der Waals surface area contributed by atoms with E-state index in [0.717, 1.165) is 18.5 Å². The van der Waals surface area contributed by atoms with Gasteiger partial charge >= 0.3 is 0 Å². The van der Waals surface area contributed by atoms with E-state index in [1.54, 1.807) is 0 Å². The Morgan fingerprint density at radius 2 is 2.20 bits per heavy atom. The summed E-state index contributed by atoms with van der Waals surface area (Å²) in [7, 11) is 0. The number of hydrogen-bond acceptors (Lipinski definition) is 4. The van der Waals surface area contributed by atoms with Crippen LogP contribution >= 0.6 is 0 Å². The molecule has 7 nitrogen and oxygen atoms in total. The molecule has 1 N–H and O–H groups in total. The van der Waals surface area contributed by atoms with E-state index in [9.17, 15) is 9.59 Å². The molecule has 1 aromatic heterocycles. The zero-order chi connectivity index (χ0) is 17.2. The number of H-pyrrole nitrogens is 1. The monoisotopic (exact) mass is 347 g/mol. The molecule has 7 heteroatoms. The number of nitrogens with one attached hydrogen (secondary N) is 1. The number of amides is 2. The minimum Gasteiger partial charge on any atom is -0.375 e. The maximum Gasteiger partial charge on any atom is 0.252 e. The molecule has 3 aliphatic rings. The van der Waals surface area contributed by atoms with Gasteiger partial charge in [0.2, 0.25) is 5.91 Å². The molecule has 0 unspecified atom stereocenters. The summed E-state index contributed by atoms with van der Waals surface area (Å²) >= 11 is 0. The highest BCUT2D eigenvalue weighted by molar-refractivity contribution is 5.80. The van der Waals surface area contributed by atoms with Crippen LogP contribution in [0.2, 0.25) is 0 Å². The molecule has 4 heterocycles. The lowest BCUT2D eigenvalue weighted by atomic mass is 9.92. The Kier molecular flexibility index (Phi) is 4.76. The number of aryl methyl sites for hydroxylation is 1. The summed E-state index contributed by atoms with van der Waals surface area (Å²) in [6.07, 6.45) is 5.02. The Balaban J connectivity index is 1.32. The minimum absolute atomic E-state index is 0.0202. The van der Waals surface area contributed by atoms with Gasteiger partial charge in [0.25, 0.3) is 5.91 Å². The first-order chi connectivity index (χ1) is 12.2. The fraction of sp³-hybridized carbons (Fsp3) is 0.667. The van der Waals surface area contributed by atoms with Crippen LogP contribution in [0, 0.1) is 11.8 Å². The fourth-order valence-corrected chi connectivity index (χ4v) is 4.05. The fourth-order valence-electron chi connectivity index (χ4n) is 4.05. The number of ether oxygens (including phenoxy) is 1. The number of carbonyl (C=O) groups excluding carboxylic acids is 2. The molecule has 2 amide bonds. The van der Waals surface area contributed by atoms with Crippen molar-refractivity contribution in [2.24, 2.45) is 11.8 Å². The second-order valence-corrected chi connectivity index (χ2v) is 7.12. The third kappa shape index (κ3) is 3.43. The van der Waals surface area contributed by atoms with Crippen molar-refractivity contribution in [2.75, 3.05) is 32.8 Å². The van der Waals surface area contributed by atoms with E-state index < -0.39 is 0 Å². The van der Waals surface area contributed by atoms with Crippen molar-refractivity contribution in [1.29, 1.82) is 0 Å². The summed E-state index contributed by atoms with van der Waals surface area (Å²) in [5.41, 5.74) is 1.07. The molecule has 0 aliphatic carbocycles. The first-order valence-corrected chi connectivity index (χ1v) is 9.18. The smallest absolute Gasteiger partial charge is 0.252 e. The first kappa shape index (κ1) is 16.6. The van der Waals surface area contributed by atoms with Gasteiger partial charge in [-0.05, 0) is 31.4 Å². The van der Waals surface area contributed by atoms with Gasteiger partial charge in [0.15, 0.2) is 0 Å². The molecule has 3 aliphatic heterocycles. The van der Waals surface area contributed by atoms with Gasteiger partial charge in [-0.1, -0.05) is 0 Å². The summed E-state index contributed by atoms with van der Waals surface area (Å²) in [6, 6.07) is 3.93. The van der Waals surface area contributed by atoms with Crippen LogP contribution < -0.4 is 0 Å². The van der Waals surface area contributed by atoms with Crippen molar-refractivity contribution < 1.29 is 19.2 Å². The van der Waals surface area contributed by atoms with Crippen molar-refractivity contribution >= 4 is 11.8 Å². The highest BCUT2D eigenvalue weighted by Gasteiger charge is 2.49. The SMILES string of the molecule is O=C(CCc1ccc[nH]1)N1C[C@@H]2[C@H](C1)OC[C@@H]2C(=O)N1CCCCO1. The molecule has 0 aromatic carbocycles. The van der Waals surface area contributed by atoms with Crippen molar-refractivity contribution in [3.63, 3.8) is 0 Å². The summed E-state index contributed by atoms with van der Waals surface area (Å²) < 4.78 is 5.83. The highest BCUT2D eigenvalue weighted by atomic mass is 16.7. The second-order valence-electron chi connectivity index (χ2n) is 7.12. The Morgan fingerprint density at radius 1 is 1.28 bits per heavy atom. The number of hydrogen-bond donors (Lipinski definition) is 1. The standard InChI is InChI=1S/C18H25N3O4/c22-17(6-5-13-4-3-7-19-13)20-10-14-15(12-24-16(14)11-20)18(23)21-8-1-2-9-25-21/h3-4,7,14-16,19H,1-2,5-6,8-12H2/t14-,15-,16-/m0/s1. The Bertz CT molecular complexity index is 612. The number of fused-ring (bicyclic) bond motifs is 1. The molecule has 0 radical (unpaired) electrons. The van der Waals surface area contributed by atoms with Crippen LogP contribution in [0.5, 0.6) is 0 Å². The van der Waals surface area contributed by atoms with Crippen molar-refractivity contribution in [3.8, 4) is 0 Å². The number of aromatic nitrogens is 1. The lowest BCUT2D eigenvalue weighted by Crippen LogP contribution is -2.43. The summed E-state index contributed by atoms with van der Waals surface area (Å²) in [6.45, 7) is 2.91. The van der Waals surface area contributed by atoms with E-state index in [1.165, 1.54) is 5.06 Å². The molecule has 25 heavy (non-hydrogen) atoms. The van der Waals surface area contributed by atoms with Gasteiger partial charge in [0.1, 0.15) is 0 Å². The van der Waals surface area contributed by atoms with Crippen molar-refractivity contribution in [2.45, 2.75) is 31.8 Å². The molecule has 0 saturated carbocycles. The minimum atomic E-state index is -0.190. The zero-order valence-electron chi connectivity index (χ0n) is 14.4. The van der Waals surface area contributed by atoms with Crippen LogP contribution in [0.25, 0.3) is 0 Å². The molecular weight excluding hydrogens is 322 g/mol. The van der Waals surface area contributed by atoms with E-state index in [2.05, 4.69) is 4.98 Å². The predicted octanol–water partition coefficient (Wildman–Crippen LogP) is 0.975. The normalized spacial score (nSPS) is 29.0. The Labute approximate surface area is 147 Å². The zero-order valence-corrected chi connectivity index (χ0v) is 14.4. The van der Waals surface area contributed by atoms with E-state index in [4.69, 9.17) is 9.57 Å². The number of carbonyl (C=O) groups is 2. The number of nitrogens with zero attached hydrogens (tertiary/aromatic N) is 2. The number of aromatic amines is 1. The molecular formula is C18H25N3O4. The molecule has 3 saturated heterocycles. The summed E-state index contributed by atoms with van der Waals surface area (Å²) in [5, 5.41) is 1.51. The van der Waals surface area contributed by atoms with E-state index in [0.29, 0.717) is 45.7 Å². The molecule has 0 spiro atoms. The second kappa shape index (κ2) is 7.17. The lowest BCUT2D eigenvalue weighted by Gasteiger charge is -2.29. The van der Waals surface area contributed by atoms with Gasteiger partial charge in [-0.2, -0.15) is 0 Å². The molecule has 136 valence electrons. The van der Waals surface area contributed by atoms with Crippen LogP contribution in [0.3, 0.4) is 0 Å². The maximum absolute atomic E-state index is 12.7. The van der Waals surface area contributed by atoms with Gasteiger partial charge in [0, 0.05) is 43.9 Å². The molecule has 3 atom stereocenters. The maximum atomic E-state index is 12.7. The number of likely N-dealkylation sites (tertiary alicyclic amines) is 1. The van der Waals surface area contributed by atoms with Gasteiger partial charge in [-0.25, -0.2) is 5.06 Å². The van der Waals surface area contributed by atoms with Crippen LogP contribution in [0.15, 0.2) is 18.3 Å². The third-order valence-corrected chi connectivity index (χ3v) is 5.50. The lowest BCUT2D eigenvalue weighted by molar-refractivity contribution is -0.202. The van der Waals surface area contributed by atoms with Gasteiger partial charge in [-0.3, -0.25) is 14.4 Å². The molecule has 1 aromatic rings. The van der Waals surface area contributed by atoms with Crippen molar-refractivity contribution in [1.82, 2.24) is 14.9 Å². The van der Waals surface area contributed by atoms with Gasteiger partial charge in [-0.15, -0.1) is 0 Å². The molecule has 0 bridgehead atoms. The highest BCUT2D eigenvalue weighted by Crippen LogP contribution is 2.35. The summed E-state index contributed by atoms with van der Waals surface area (Å²) in [5.74, 6) is 0.0534. The van der Waals surface area contributed by atoms with Crippen LogP contribution in [-0.2, 0) is 25.6 Å². The van der Waals surface area contributed by atoms with Crippen LogP contribution in [0.4, 0.5) is 0 Å². The van der Waals surface area contributed by atoms with E-state index >= 15 is 0 Å². The predicted molar refractivity (Wildman–Crippen MR) is 89.3 cm³/mol. The quantitative estimate of drug-likeness (QED) is 0.881. The topological polar surface area (TPSA) is 74.9 Å². The molecule has 3 fully saturated rings. The average Bonchev–Trinajstić information content (AvgIpc) is 3.36. The van der Waals surface area contributed by atoms with Gasteiger partial charge < -0.3 is 14.6 Å².